The molecule has 3 nitrogen and oxygen atoms in total. The first-order valence-electron chi connectivity index (χ1n) is 7.34. The van der Waals surface area contributed by atoms with E-state index in [2.05, 4.69) is 12.1 Å². The Hall–Kier alpha value is -2.20. The number of hydrogen-bond donors (Lipinski definition) is 0. The van der Waals surface area contributed by atoms with E-state index >= 15 is 0 Å². The zero-order chi connectivity index (χ0) is 16.7. The summed E-state index contributed by atoms with van der Waals surface area (Å²) in [5.74, 6) is 0.528. The van der Waals surface area contributed by atoms with Crippen LogP contribution in [0, 0.1) is 0 Å². The number of hydrogen-bond acceptors (Lipinski definition) is 4. The smallest absolute Gasteiger partial charge is 0.339 e. The van der Waals surface area contributed by atoms with Crippen molar-refractivity contribution in [2.45, 2.75) is 10.6 Å². The van der Waals surface area contributed by atoms with Crippen molar-refractivity contribution in [1.82, 2.24) is 4.90 Å². The summed E-state index contributed by atoms with van der Waals surface area (Å²) in [5, 5.41) is 0. The third kappa shape index (κ3) is 4.89. The molecule has 0 aliphatic heterocycles. The molecule has 23 heavy (non-hydrogen) atoms. The molecule has 120 valence electrons. The van der Waals surface area contributed by atoms with Crippen LogP contribution in [0.2, 0.25) is 0 Å². The molecule has 2 rings (SSSR count). The fourth-order valence-electron chi connectivity index (χ4n) is 2.15. The molecular formula is C19H21NO2S. The largest absolute Gasteiger partial charge is 0.465 e. The van der Waals surface area contributed by atoms with Gasteiger partial charge in [-0.25, -0.2) is 4.79 Å². The first-order valence-corrected chi connectivity index (χ1v) is 8.33. The predicted molar refractivity (Wildman–Crippen MR) is 96.1 cm³/mol. The van der Waals surface area contributed by atoms with E-state index in [1.165, 1.54) is 12.7 Å². The molecule has 2 aromatic rings. The quantitative estimate of drug-likeness (QED) is 0.455. The predicted octanol–water partition coefficient (Wildman–Crippen LogP) is 4.05. The van der Waals surface area contributed by atoms with Gasteiger partial charge in [-0.3, -0.25) is 0 Å². The maximum absolute atomic E-state index is 12.1. The normalized spacial score (nSPS) is 11.2. The van der Waals surface area contributed by atoms with Crippen LogP contribution in [0.25, 0.3) is 5.57 Å². The van der Waals surface area contributed by atoms with E-state index in [4.69, 9.17) is 4.74 Å². The summed E-state index contributed by atoms with van der Waals surface area (Å²) < 4.78 is 4.94. The lowest BCUT2D eigenvalue weighted by molar-refractivity contribution is -0.133. The van der Waals surface area contributed by atoms with Crippen molar-refractivity contribution < 1.29 is 9.53 Å². The van der Waals surface area contributed by atoms with E-state index in [1.807, 2.05) is 61.5 Å². The van der Waals surface area contributed by atoms with Crippen molar-refractivity contribution in [3.63, 3.8) is 0 Å². The molecule has 0 amide bonds. The van der Waals surface area contributed by atoms with Gasteiger partial charge in [-0.05, 0) is 11.6 Å². The van der Waals surface area contributed by atoms with E-state index in [9.17, 15) is 4.79 Å². The van der Waals surface area contributed by atoms with Gasteiger partial charge >= 0.3 is 5.97 Å². The van der Waals surface area contributed by atoms with Crippen LogP contribution in [0.3, 0.4) is 0 Å². The maximum atomic E-state index is 12.1. The van der Waals surface area contributed by atoms with Gasteiger partial charge in [0.25, 0.3) is 0 Å². The second kappa shape index (κ2) is 8.44. The Kier molecular flexibility index (Phi) is 6.29. The van der Waals surface area contributed by atoms with Crippen molar-refractivity contribution in [2.24, 2.45) is 0 Å². The second-order valence-corrected chi connectivity index (χ2v) is 6.29. The summed E-state index contributed by atoms with van der Waals surface area (Å²) in [7, 11) is 5.19. The average Bonchev–Trinajstić information content (AvgIpc) is 2.58. The molecular weight excluding hydrogens is 306 g/mol. The Morgan fingerprint density at radius 1 is 1.09 bits per heavy atom. The van der Waals surface area contributed by atoms with Gasteiger partial charge in [-0.15, -0.1) is 11.8 Å². The number of esters is 1. The van der Waals surface area contributed by atoms with Crippen LogP contribution in [0.5, 0.6) is 0 Å². The summed E-state index contributed by atoms with van der Waals surface area (Å²) in [4.78, 5) is 15.1. The number of carbonyl (C=O) groups excluding carboxylic acids is 1. The molecule has 0 unspecified atom stereocenters. The lowest BCUT2D eigenvalue weighted by Gasteiger charge is -2.14. The van der Waals surface area contributed by atoms with E-state index in [0.717, 1.165) is 16.2 Å². The minimum Gasteiger partial charge on any atom is -0.465 e. The van der Waals surface area contributed by atoms with E-state index in [1.54, 1.807) is 18.0 Å². The van der Waals surface area contributed by atoms with Crippen molar-refractivity contribution in [3.8, 4) is 0 Å². The van der Waals surface area contributed by atoms with E-state index in [0.29, 0.717) is 5.57 Å². The number of methoxy groups -OCH3 is 1. The van der Waals surface area contributed by atoms with Gasteiger partial charge in [-0.1, -0.05) is 48.5 Å². The highest BCUT2D eigenvalue weighted by Crippen LogP contribution is 2.31. The lowest BCUT2D eigenvalue weighted by Crippen LogP contribution is -2.10. The van der Waals surface area contributed by atoms with Gasteiger partial charge in [0, 0.05) is 36.5 Å². The van der Waals surface area contributed by atoms with Crippen LogP contribution < -0.4 is 0 Å². The number of carbonyl (C=O) groups is 1. The summed E-state index contributed by atoms with van der Waals surface area (Å²) >= 11 is 1.72. The van der Waals surface area contributed by atoms with Crippen molar-refractivity contribution in [1.29, 1.82) is 0 Å². The second-order valence-electron chi connectivity index (χ2n) is 5.27. The van der Waals surface area contributed by atoms with Crippen molar-refractivity contribution >= 4 is 23.3 Å². The van der Waals surface area contributed by atoms with Gasteiger partial charge in [0.1, 0.15) is 0 Å². The standard InChI is InChI=1S/C19H21NO2S/c1-20(2)13-17(19(21)22-3)16-11-7-8-12-18(16)23-14-15-9-5-4-6-10-15/h4-13H,14H2,1-3H3/b17-13+. The third-order valence-electron chi connectivity index (χ3n) is 3.21. The Balaban J connectivity index is 2.30. The van der Waals surface area contributed by atoms with Gasteiger partial charge < -0.3 is 9.64 Å². The molecule has 0 aromatic heterocycles. The Bertz CT molecular complexity index is 681. The number of thioether (sulfide) groups is 1. The minimum atomic E-state index is -0.327. The fraction of sp³-hybridized carbons (Fsp3) is 0.211. The minimum absolute atomic E-state index is 0.327. The molecule has 0 fully saturated rings. The number of nitrogens with zero attached hydrogens (tertiary/aromatic N) is 1. The van der Waals surface area contributed by atoms with Crippen molar-refractivity contribution in [2.75, 3.05) is 21.2 Å². The van der Waals surface area contributed by atoms with Crippen LogP contribution in [-0.2, 0) is 15.3 Å². The molecule has 0 N–H and O–H groups in total. The molecule has 2 aromatic carbocycles. The fourth-order valence-corrected chi connectivity index (χ4v) is 3.17. The Morgan fingerprint density at radius 3 is 2.39 bits per heavy atom. The average molecular weight is 327 g/mol. The van der Waals surface area contributed by atoms with Gasteiger partial charge in [0.2, 0.25) is 0 Å². The molecule has 0 radical (unpaired) electrons. The SMILES string of the molecule is COC(=O)/C(=C/N(C)C)c1ccccc1SCc1ccccc1. The number of rotatable bonds is 6. The van der Waals surface area contributed by atoms with E-state index in [-0.39, 0.29) is 5.97 Å². The van der Waals surface area contributed by atoms with Crippen LogP contribution in [0.4, 0.5) is 0 Å². The van der Waals surface area contributed by atoms with Crippen LogP contribution >= 0.6 is 11.8 Å². The van der Waals surface area contributed by atoms with Crippen LogP contribution in [0.15, 0.2) is 65.7 Å². The zero-order valence-electron chi connectivity index (χ0n) is 13.7. The highest BCUT2D eigenvalue weighted by atomic mass is 32.2. The van der Waals surface area contributed by atoms with Gasteiger partial charge in [0.15, 0.2) is 0 Å². The molecule has 0 aliphatic rings. The monoisotopic (exact) mass is 327 g/mol. The molecule has 0 spiro atoms. The first kappa shape index (κ1) is 17.2. The highest BCUT2D eigenvalue weighted by molar-refractivity contribution is 7.98. The zero-order valence-corrected chi connectivity index (χ0v) is 14.5. The summed E-state index contributed by atoms with van der Waals surface area (Å²) in [6.45, 7) is 0. The maximum Gasteiger partial charge on any atom is 0.339 e. The van der Waals surface area contributed by atoms with E-state index < -0.39 is 0 Å². The van der Waals surface area contributed by atoms with Gasteiger partial charge in [0.05, 0.1) is 12.7 Å². The summed E-state index contributed by atoms with van der Waals surface area (Å²) in [6.07, 6.45) is 1.80. The first-order chi connectivity index (χ1) is 11.1. The molecule has 0 aliphatic carbocycles. The molecule has 0 saturated heterocycles. The molecule has 0 heterocycles. The number of ether oxygens (including phenoxy) is 1. The molecule has 4 heteroatoms. The third-order valence-corrected chi connectivity index (χ3v) is 4.35. The lowest BCUT2D eigenvalue weighted by atomic mass is 10.1. The number of benzene rings is 2. The molecule has 0 atom stereocenters. The molecule has 0 saturated carbocycles. The van der Waals surface area contributed by atoms with Crippen molar-refractivity contribution in [3.05, 3.63) is 71.9 Å². The Morgan fingerprint density at radius 2 is 1.74 bits per heavy atom. The summed E-state index contributed by atoms with van der Waals surface area (Å²) in [5.41, 5.74) is 2.71. The van der Waals surface area contributed by atoms with Crippen LogP contribution in [-0.4, -0.2) is 32.1 Å². The summed E-state index contributed by atoms with van der Waals surface area (Å²) in [6, 6.07) is 18.2. The Labute approximate surface area is 142 Å². The van der Waals surface area contributed by atoms with Gasteiger partial charge in [-0.2, -0.15) is 0 Å². The molecule has 0 bridgehead atoms. The van der Waals surface area contributed by atoms with Crippen LogP contribution in [0.1, 0.15) is 11.1 Å². The topological polar surface area (TPSA) is 29.5 Å². The highest BCUT2D eigenvalue weighted by Gasteiger charge is 2.16.